The summed E-state index contributed by atoms with van der Waals surface area (Å²) in [5, 5.41) is 18.1. The van der Waals surface area contributed by atoms with Crippen molar-refractivity contribution in [2.45, 2.75) is 70.8 Å². The standard InChI is InChI=1S/C20H32O3/c1-2-3-16-19(21)17-14-12-10-8-6-4-5-7-9-11-13-15-18-20(22)23/h4-5,8-11,14,17,19,21H,2-3,6-7,12-13,15-16,18H2,1H3,(H,22,23)/b5-4+,10-8+,11-9+,17-14+/t19-/m1/s1. The second-order valence-corrected chi connectivity index (χ2v) is 5.55. The number of rotatable bonds is 14. The molecule has 0 aliphatic rings. The highest BCUT2D eigenvalue weighted by atomic mass is 16.4. The van der Waals surface area contributed by atoms with Gasteiger partial charge in [-0.1, -0.05) is 68.4 Å². The Bertz CT molecular complexity index is 392. The summed E-state index contributed by atoms with van der Waals surface area (Å²) in [7, 11) is 0. The molecule has 0 heterocycles. The molecule has 0 fully saturated rings. The summed E-state index contributed by atoms with van der Waals surface area (Å²) in [6.07, 6.45) is 23.7. The maximum atomic E-state index is 10.3. The van der Waals surface area contributed by atoms with Gasteiger partial charge in [-0.15, -0.1) is 0 Å². The first-order valence-electron chi connectivity index (χ1n) is 8.68. The van der Waals surface area contributed by atoms with Crippen LogP contribution in [0.15, 0.2) is 48.6 Å². The molecule has 0 aromatic carbocycles. The van der Waals surface area contributed by atoms with Gasteiger partial charge in [-0.2, -0.15) is 0 Å². The number of unbranched alkanes of at least 4 members (excludes halogenated alkanes) is 2. The van der Waals surface area contributed by atoms with Crippen LogP contribution in [0.4, 0.5) is 0 Å². The summed E-state index contributed by atoms with van der Waals surface area (Å²) in [6, 6.07) is 0. The van der Waals surface area contributed by atoms with Gasteiger partial charge in [-0.25, -0.2) is 0 Å². The van der Waals surface area contributed by atoms with E-state index in [0.29, 0.717) is 6.42 Å². The number of hydrogen-bond acceptors (Lipinski definition) is 2. The Morgan fingerprint density at radius 3 is 2.04 bits per heavy atom. The third-order valence-electron chi connectivity index (χ3n) is 3.29. The summed E-state index contributed by atoms with van der Waals surface area (Å²) in [4.78, 5) is 10.3. The second kappa shape index (κ2) is 16.8. The van der Waals surface area contributed by atoms with E-state index < -0.39 is 5.97 Å². The maximum Gasteiger partial charge on any atom is 0.303 e. The molecule has 0 aliphatic heterocycles. The summed E-state index contributed by atoms with van der Waals surface area (Å²) in [6.45, 7) is 2.13. The van der Waals surface area contributed by atoms with Gasteiger partial charge < -0.3 is 10.2 Å². The van der Waals surface area contributed by atoms with E-state index in [2.05, 4.69) is 37.3 Å². The van der Waals surface area contributed by atoms with Crippen molar-refractivity contribution < 1.29 is 15.0 Å². The average Bonchev–Trinajstić information content (AvgIpc) is 2.52. The fourth-order valence-electron chi connectivity index (χ4n) is 1.95. The normalized spacial score (nSPS) is 13.8. The summed E-state index contributed by atoms with van der Waals surface area (Å²) in [5.41, 5.74) is 0. The fraction of sp³-hybridized carbons (Fsp3) is 0.550. The first kappa shape index (κ1) is 21.4. The minimum Gasteiger partial charge on any atom is -0.481 e. The molecule has 1 atom stereocenters. The zero-order valence-electron chi connectivity index (χ0n) is 14.4. The van der Waals surface area contributed by atoms with E-state index in [-0.39, 0.29) is 12.5 Å². The lowest BCUT2D eigenvalue weighted by molar-refractivity contribution is -0.137. The Balaban J connectivity index is 3.53. The molecule has 0 aliphatic carbocycles. The highest BCUT2D eigenvalue weighted by Crippen LogP contribution is 2.02. The van der Waals surface area contributed by atoms with Crippen LogP contribution in [-0.2, 0) is 4.79 Å². The van der Waals surface area contributed by atoms with Crippen LogP contribution in [0.1, 0.15) is 64.7 Å². The van der Waals surface area contributed by atoms with Crippen molar-refractivity contribution >= 4 is 5.97 Å². The van der Waals surface area contributed by atoms with Gasteiger partial charge in [-0.05, 0) is 38.5 Å². The fourth-order valence-corrected chi connectivity index (χ4v) is 1.95. The molecule has 130 valence electrons. The number of aliphatic hydroxyl groups excluding tert-OH is 1. The number of allylic oxidation sites excluding steroid dienone is 7. The molecule has 0 saturated carbocycles. The van der Waals surface area contributed by atoms with Crippen LogP contribution in [0.2, 0.25) is 0 Å². The number of carboxylic acid groups (broad SMARTS) is 1. The van der Waals surface area contributed by atoms with Gasteiger partial charge in [0.2, 0.25) is 0 Å². The highest BCUT2D eigenvalue weighted by molar-refractivity contribution is 5.66. The average molecular weight is 320 g/mol. The van der Waals surface area contributed by atoms with Crippen LogP contribution in [0.3, 0.4) is 0 Å². The van der Waals surface area contributed by atoms with Crippen molar-refractivity contribution in [3.8, 4) is 0 Å². The number of carboxylic acids is 1. The molecule has 23 heavy (non-hydrogen) atoms. The minimum absolute atomic E-state index is 0.245. The van der Waals surface area contributed by atoms with Crippen LogP contribution in [0, 0.1) is 0 Å². The van der Waals surface area contributed by atoms with Gasteiger partial charge >= 0.3 is 5.97 Å². The van der Waals surface area contributed by atoms with Crippen molar-refractivity contribution in [2.75, 3.05) is 0 Å². The molecule has 0 radical (unpaired) electrons. The molecule has 2 N–H and O–H groups in total. The smallest absolute Gasteiger partial charge is 0.303 e. The minimum atomic E-state index is -0.726. The molecule has 3 nitrogen and oxygen atoms in total. The SMILES string of the molecule is CCCC[C@@H](O)/C=C/C/C=C/C/C=C/C/C=C/CCCC(=O)O. The predicted octanol–water partition coefficient (Wildman–Crippen LogP) is 5.19. The third kappa shape index (κ3) is 18.3. The lowest BCUT2D eigenvalue weighted by Gasteiger charge is -2.02. The second-order valence-electron chi connectivity index (χ2n) is 5.55. The Hall–Kier alpha value is -1.61. The maximum absolute atomic E-state index is 10.3. The van der Waals surface area contributed by atoms with Crippen molar-refractivity contribution in [3.05, 3.63) is 48.6 Å². The van der Waals surface area contributed by atoms with E-state index >= 15 is 0 Å². The zero-order chi connectivity index (χ0) is 17.2. The number of aliphatic hydroxyl groups is 1. The van der Waals surface area contributed by atoms with Gasteiger partial charge in [0.15, 0.2) is 0 Å². The predicted molar refractivity (Wildman–Crippen MR) is 97.4 cm³/mol. The van der Waals surface area contributed by atoms with Crippen molar-refractivity contribution in [1.29, 1.82) is 0 Å². The first-order valence-corrected chi connectivity index (χ1v) is 8.68. The Kier molecular flexibility index (Phi) is 15.6. The van der Waals surface area contributed by atoms with E-state index in [4.69, 9.17) is 5.11 Å². The monoisotopic (exact) mass is 320 g/mol. The molecule has 0 saturated heterocycles. The molecule has 0 unspecified atom stereocenters. The van der Waals surface area contributed by atoms with Gasteiger partial charge in [0.1, 0.15) is 0 Å². The first-order chi connectivity index (χ1) is 11.2. The van der Waals surface area contributed by atoms with Gasteiger partial charge in [0.25, 0.3) is 0 Å². The van der Waals surface area contributed by atoms with E-state index in [1.54, 1.807) is 0 Å². The molecule has 0 aromatic rings. The lowest BCUT2D eigenvalue weighted by atomic mass is 10.1. The highest BCUT2D eigenvalue weighted by Gasteiger charge is 1.95. The topological polar surface area (TPSA) is 57.5 Å². The summed E-state index contributed by atoms with van der Waals surface area (Å²) >= 11 is 0. The Labute approximate surface area is 141 Å². The number of aliphatic carboxylic acids is 1. The lowest BCUT2D eigenvalue weighted by Crippen LogP contribution is -2.00. The quantitative estimate of drug-likeness (QED) is 0.342. The van der Waals surface area contributed by atoms with Gasteiger partial charge in [0.05, 0.1) is 6.10 Å². The molecular formula is C20H32O3. The molecule has 0 amide bonds. The van der Waals surface area contributed by atoms with Crippen molar-refractivity contribution in [1.82, 2.24) is 0 Å². The van der Waals surface area contributed by atoms with Crippen LogP contribution in [-0.4, -0.2) is 22.3 Å². The molecule has 3 heteroatoms. The Morgan fingerprint density at radius 1 is 0.913 bits per heavy atom. The van der Waals surface area contributed by atoms with Crippen LogP contribution >= 0.6 is 0 Å². The summed E-state index contributed by atoms with van der Waals surface area (Å²) < 4.78 is 0. The van der Waals surface area contributed by atoms with E-state index in [1.165, 1.54) is 0 Å². The molecule has 0 spiro atoms. The van der Waals surface area contributed by atoms with Gasteiger partial charge in [-0.3, -0.25) is 4.79 Å². The van der Waals surface area contributed by atoms with E-state index in [1.807, 2.05) is 18.2 Å². The van der Waals surface area contributed by atoms with Gasteiger partial charge in [0, 0.05) is 6.42 Å². The van der Waals surface area contributed by atoms with E-state index in [9.17, 15) is 9.90 Å². The van der Waals surface area contributed by atoms with Crippen molar-refractivity contribution in [2.24, 2.45) is 0 Å². The van der Waals surface area contributed by atoms with Crippen molar-refractivity contribution in [3.63, 3.8) is 0 Å². The third-order valence-corrected chi connectivity index (χ3v) is 3.29. The number of hydrogen-bond donors (Lipinski definition) is 2. The van der Waals surface area contributed by atoms with Crippen LogP contribution in [0.5, 0.6) is 0 Å². The van der Waals surface area contributed by atoms with E-state index in [0.717, 1.165) is 44.9 Å². The zero-order valence-corrected chi connectivity index (χ0v) is 14.4. The summed E-state index contributed by atoms with van der Waals surface area (Å²) in [5.74, 6) is -0.726. The van der Waals surface area contributed by atoms with Crippen LogP contribution < -0.4 is 0 Å². The largest absolute Gasteiger partial charge is 0.481 e. The molecular weight excluding hydrogens is 288 g/mol. The Morgan fingerprint density at radius 2 is 1.48 bits per heavy atom. The molecule has 0 bridgehead atoms. The molecule has 0 aromatic heterocycles. The van der Waals surface area contributed by atoms with Crippen LogP contribution in [0.25, 0.3) is 0 Å². The molecule has 0 rings (SSSR count). The number of carbonyl (C=O) groups is 1.